The van der Waals surface area contributed by atoms with Crippen molar-refractivity contribution < 1.29 is 0 Å². The Labute approximate surface area is 99.8 Å². The van der Waals surface area contributed by atoms with E-state index in [4.69, 9.17) is 0 Å². The topological polar surface area (TPSA) is 15.3 Å². The predicted molar refractivity (Wildman–Crippen MR) is 68.4 cm³/mol. The third kappa shape index (κ3) is 2.73. The van der Waals surface area contributed by atoms with Crippen molar-refractivity contribution in [2.24, 2.45) is 0 Å². The predicted octanol–water partition coefficient (Wildman–Crippen LogP) is 2.64. The van der Waals surface area contributed by atoms with Crippen molar-refractivity contribution in [1.82, 2.24) is 5.32 Å². The maximum atomic E-state index is 3.51. The molecule has 0 aromatic heterocycles. The molecule has 0 radical (unpaired) electrons. The third-order valence-electron chi connectivity index (χ3n) is 2.85. The lowest BCUT2D eigenvalue weighted by molar-refractivity contribution is 0.572. The molecule has 15 heavy (non-hydrogen) atoms. The van der Waals surface area contributed by atoms with Crippen LogP contribution in [0.15, 0.2) is 28.7 Å². The van der Waals surface area contributed by atoms with Crippen molar-refractivity contribution in [3.63, 3.8) is 0 Å². The summed E-state index contributed by atoms with van der Waals surface area (Å²) in [4.78, 5) is 2.44. The average molecular weight is 269 g/mol. The fraction of sp³-hybridized carbons (Fsp3) is 0.500. The molecule has 1 N–H and O–H groups in total. The van der Waals surface area contributed by atoms with Crippen molar-refractivity contribution in [1.29, 1.82) is 0 Å². The molecule has 1 aliphatic rings. The van der Waals surface area contributed by atoms with E-state index in [0.29, 0.717) is 6.04 Å². The summed E-state index contributed by atoms with van der Waals surface area (Å²) in [6.45, 7) is 5.52. The highest BCUT2D eigenvalue weighted by Crippen LogP contribution is 2.23. The van der Waals surface area contributed by atoms with Crippen LogP contribution in [0.5, 0.6) is 0 Å². The van der Waals surface area contributed by atoms with Gasteiger partial charge in [0.1, 0.15) is 0 Å². The number of nitrogens with zero attached hydrogens (tertiary/aromatic N) is 1. The first-order valence-corrected chi connectivity index (χ1v) is 6.33. The van der Waals surface area contributed by atoms with Gasteiger partial charge in [-0.3, -0.25) is 0 Å². The normalized spacial score (nSPS) is 20.9. The van der Waals surface area contributed by atoms with E-state index in [0.717, 1.165) is 24.1 Å². The number of hydrogen-bond acceptors (Lipinski definition) is 2. The Bertz CT molecular complexity index is 327. The smallest absolute Gasteiger partial charge is 0.0378 e. The highest BCUT2D eigenvalue weighted by Gasteiger charge is 2.21. The maximum absolute atomic E-state index is 3.51. The standard InChI is InChI=1S/C12H17BrN2/c1-2-14-11-6-7-15(9-11)12-5-3-4-10(13)8-12/h3-5,8,11,14H,2,6-7,9H2,1H3. The van der Waals surface area contributed by atoms with Crippen LogP contribution in [0.1, 0.15) is 13.3 Å². The van der Waals surface area contributed by atoms with Crippen molar-refractivity contribution in [3.05, 3.63) is 28.7 Å². The number of nitrogens with one attached hydrogen (secondary N) is 1. The fourth-order valence-corrected chi connectivity index (χ4v) is 2.51. The van der Waals surface area contributed by atoms with Gasteiger partial charge in [-0.2, -0.15) is 0 Å². The summed E-state index contributed by atoms with van der Waals surface area (Å²) in [5.74, 6) is 0. The highest BCUT2D eigenvalue weighted by molar-refractivity contribution is 9.10. The molecule has 2 rings (SSSR count). The number of halogens is 1. The molecule has 1 fully saturated rings. The lowest BCUT2D eigenvalue weighted by atomic mass is 10.2. The fourth-order valence-electron chi connectivity index (χ4n) is 2.12. The molecule has 0 aliphatic carbocycles. The van der Waals surface area contributed by atoms with E-state index in [1.165, 1.54) is 12.1 Å². The summed E-state index contributed by atoms with van der Waals surface area (Å²) in [6.07, 6.45) is 1.25. The zero-order valence-electron chi connectivity index (χ0n) is 9.04. The van der Waals surface area contributed by atoms with E-state index in [9.17, 15) is 0 Å². The molecule has 0 amide bonds. The Hall–Kier alpha value is -0.540. The van der Waals surface area contributed by atoms with Gasteiger partial charge in [-0.25, -0.2) is 0 Å². The van der Waals surface area contributed by atoms with E-state index in [2.05, 4.69) is 57.3 Å². The Morgan fingerprint density at radius 3 is 3.13 bits per heavy atom. The first-order valence-electron chi connectivity index (χ1n) is 5.53. The summed E-state index contributed by atoms with van der Waals surface area (Å²) < 4.78 is 1.16. The summed E-state index contributed by atoms with van der Waals surface area (Å²) in [6, 6.07) is 9.20. The van der Waals surface area contributed by atoms with Gasteiger partial charge in [0.25, 0.3) is 0 Å². The van der Waals surface area contributed by atoms with Crippen LogP contribution in [0.2, 0.25) is 0 Å². The number of rotatable bonds is 3. The molecule has 2 nitrogen and oxygen atoms in total. The first kappa shape index (κ1) is 11.0. The molecule has 1 aliphatic heterocycles. The monoisotopic (exact) mass is 268 g/mol. The number of anilines is 1. The van der Waals surface area contributed by atoms with Gasteiger partial charge in [0, 0.05) is 29.3 Å². The molecule has 0 bridgehead atoms. The van der Waals surface area contributed by atoms with E-state index in [1.54, 1.807) is 0 Å². The van der Waals surface area contributed by atoms with Gasteiger partial charge in [-0.05, 0) is 31.2 Å². The van der Waals surface area contributed by atoms with Gasteiger partial charge in [0.15, 0.2) is 0 Å². The Kier molecular flexibility index (Phi) is 3.65. The van der Waals surface area contributed by atoms with Gasteiger partial charge in [0.2, 0.25) is 0 Å². The molecule has 1 heterocycles. The van der Waals surface area contributed by atoms with Crippen LogP contribution in [0.4, 0.5) is 5.69 Å². The lowest BCUT2D eigenvalue weighted by Crippen LogP contribution is -2.32. The number of hydrogen-bond donors (Lipinski definition) is 1. The van der Waals surface area contributed by atoms with Crippen LogP contribution in [0.25, 0.3) is 0 Å². The van der Waals surface area contributed by atoms with E-state index in [1.807, 2.05) is 0 Å². The molecule has 1 saturated heterocycles. The summed E-state index contributed by atoms with van der Waals surface area (Å²) in [5, 5.41) is 3.51. The van der Waals surface area contributed by atoms with Crippen LogP contribution in [-0.2, 0) is 0 Å². The lowest BCUT2D eigenvalue weighted by Gasteiger charge is -2.19. The Morgan fingerprint density at radius 1 is 1.53 bits per heavy atom. The second-order valence-corrected chi connectivity index (χ2v) is 4.88. The Morgan fingerprint density at radius 2 is 2.40 bits per heavy atom. The van der Waals surface area contributed by atoms with Gasteiger partial charge >= 0.3 is 0 Å². The first-order chi connectivity index (χ1) is 7.29. The van der Waals surface area contributed by atoms with Crippen LogP contribution < -0.4 is 10.2 Å². The summed E-state index contributed by atoms with van der Waals surface area (Å²) in [5.41, 5.74) is 1.32. The Balaban J connectivity index is 2.01. The van der Waals surface area contributed by atoms with E-state index >= 15 is 0 Å². The minimum Gasteiger partial charge on any atom is -0.370 e. The average Bonchev–Trinajstić information content (AvgIpc) is 2.67. The van der Waals surface area contributed by atoms with Crippen LogP contribution in [0.3, 0.4) is 0 Å². The van der Waals surface area contributed by atoms with E-state index in [-0.39, 0.29) is 0 Å². The van der Waals surface area contributed by atoms with Crippen molar-refractivity contribution in [2.75, 3.05) is 24.5 Å². The quantitative estimate of drug-likeness (QED) is 0.907. The molecule has 1 aromatic rings. The molecular formula is C12H17BrN2. The number of likely N-dealkylation sites (N-methyl/N-ethyl adjacent to an activating group) is 1. The van der Waals surface area contributed by atoms with Crippen LogP contribution >= 0.6 is 15.9 Å². The largest absolute Gasteiger partial charge is 0.370 e. The van der Waals surface area contributed by atoms with Gasteiger partial charge in [0.05, 0.1) is 0 Å². The summed E-state index contributed by atoms with van der Waals surface area (Å²) >= 11 is 3.51. The van der Waals surface area contributed by atoms with Crippen LogP contribution in [0, 0.1) is 0 Å². The molecule has 3 heteroatoms. The van der Waals surface area contributed by atoms with Gasteiger partial charge in [-0.15, -0.1) is 0 Å². The zero-order chi connectivity index (χ0) is 10.7. The molecule has 1 unspecified atom stereocenters. The SMILES string of the molecule is CCNC1CCN(c2cccc(Br)c2)C1. The van der Waals surface area contributed by atoms with Crippen molar-refractivity contribution in [3.8, 4) is 0 Å². The maximum Gasteiger partial charge on any atom is 0.0378 e. The molecule has 0 spiro atoms. The second kappa shape index (κ2) is 4.99. The van der Waals surface area contributed by atoms with Gasteiger partial charge in [-0.1, -0.05) is 28.9 Å². The molecule has 0 saturated carbocycles. The minimum atomic E-state index is 0.661. The van der Waals surface area contributed by atoms with Crippen molar-refractivity contribution >= 4 is 21.6 Å². The molecule has 1 aromatic carbocycles. The minimum absolute atomic E-state index is 0.661. The number of benzene rings is 1. The summed E-state index contributed by atoms with van der Waals surface area (Å²) in [7, 11) is 0. The molecular weight excluding hydrogens is 252 g/mol. The van der Waals surface area contributed by atoms with E-state index < -0.39 is 0 Å². The molecule has 1 atom stereocenters. The van der Waals surface area contributed by atoms with Gasteiger partial charge < -0.3 is 10.2 Å². The molecule has 82 valence electrons. The third-order valence-corrected chi connectivity index (χ3v) is 3.35. The highest BCUT2D eigenvalue weighted by atomic mass is 79.9. The van der Waals surface area contributed by atoms with Crippen molar-refractivity contribution in [2.45, 2.75) is 19.4 Å². The zero-order valence-corrected chi connectivity index (χ0v) is 10.6. The van der Waals surface area contributed by atoms with Crippen LogP contribution in [-0.4, -0.2) is 25.7 Å². The second-order valence-electron chi connectivity index (χ2n) is 3.97.